The zero-order valence-corrected chi connectivity index (χ0v) is 12.8. The summed E-state index contributed by atoms with van der Waals surface area (Å²) in [6, 6.07) is 13.8. The molecule has 2 aromatic carbocycles. The van der Waals surface area contributed by atoms with Gasteiger partial charge in [0.25, 0.3) is 5.56 Å². The first-order valence-electron chi connectivity index (χ1n) is 7.01. The van der Waals surface area contributed by atoms with Crippen molar-refractivity contribution in [1.82, 2.24) is 15.0 Å². The molecule has 3 aromatic rings. The first-order valence-corrected chi connectivity index (χ1v) is 7.39. The van der Waals surface area contributed by atoms with Gasteiger partial charge in [-0.05, 0) is 30.3 Å². The molecule has 1 amide bonds. The van der Waals surface area contributed by atoms with E-state index in [1.807, 2.05) is 0 Å². The molecule has 0 aliphatic carbocycles. The highest BCUT2D eigenvalue weighted by Crippen LogP contribution is 2.15. The number of carbonyl (C=O) groups excluding carboxylic acids is 1. The monoisotopic (exact) mass is 328 g/mol. The lowest BCUT2D eigenvalue weighted by Crippen LogP contribution is -2.26. The van der Waals surface area contributed by atoms with Crippen molar-refractivity contribution in [3.05, 3.63) is 63.9 Å². The molecule has 6 nitrogen and oxygen atoms in total. The van der Waals surface area contributed by atoms with Crippen LogP contribution in [-0.2, 0) is 11.3 Å². The normalized spacial score (nSPS) is 10.7. The number of nitrogens with one attached hydrogen (secondary N) is 1. The number of aromatic nitrogens is 3. The number of carbonyl (C=O) groups is 1. The summed E-state index contributed by atoms with van der Waals surface area (Å²) in [7, 11) is 0. The van der Waals surface area contributed by atoms with Gasteiger partial charge in [-0.1, -0.05) is 35.0 Å². The molecule has 0 aliphatic heterocycles. The zero-order chi connectivity index (χ0) is 16.2. The second-order valence-corrected chi connectivity index (χ2v) is 5.38. The number of benzene rings is 2. The molecule has 0 atom stereocenters. The summed E-state index contributed by atoms with van der Waals surface area (Å²) in [6.45, 7) is 0.156. The van der Waals surface area contributed by atoms with Crippen molar-refractivity contribution in [3.63, 3.8) is 0 Å². The maximum Gasteiger partial charge on any atom is 0.277 e. The van der Waals surface area contributed by atoms with Gasteiger partial charge in [0, 0.05) is 17.1 Å². The summed E-state index contributed by atoms with van der Waals surface area (Å²) in [5.41, 5.74) is 0.891. The molecular formula is C16H13ClN4O2. The summed E-state index contributed by atoms with van der Waals surface area (Å²) >= 11 is 5.86. The minimum absolute atomic E-state index is 0.111. The average molecular weight is 329 g/mol. The van der Waals surface area contributed by atoms with Crippen molar-refractivity contribution < 1.29 is 4.79 Å². The van der Waals surface area contributed by atoms with Gasteiger partial charge in [0.2, 0.25) is 5.91 Å². The van der Waals surface area contributed by atoms with Crippen LogP contribution in [0.15, 0.2) is 53.3 Å². The van der Waals surface area contributed by atoms with E-state index in [-0.39, 0.29) is 24.4 Å². The Bertz CT molecular complexity index is 923. The van der Waals surface area contributed by atoms with Crippen LogP contribution in [0.3, 0.4) is 0 Å². The maximum atomic E-state index is 12.3. The lowest BCUT2D eigenvalue weighted by atomic mass is 10.2. The third-order valence-electron chi connectivity index (χ3n) is 3.29. The molecule has 0 saturated heterocycles. The fourth-order valence-electron chi connectivity index (χ4n) is 2.17. The van der Waals surface area contributed by atoms with Crippen LogP contribution in [0.1, 0.15) is 6.42 Å². The Hall–Kier alpha value is -2.73. The van der Waals surface area contributed by atoms with Gasteiger partial charge in [0.15, 0.2) is 0 Å². The van der Waals surface area contributed by atoms with Crippen molar-refractivity contribution >= 4 is 34.1 Å². The van der Waals surface area contributed by atoms with E-state index < -0.39 is 0 Å². The third kappa shape index (κ3) is 3.54. The highest BCUT2D eigenvalue weighted by Gasteiger charge is 2.08. The number of anilines is 1. The number of fused-ring (bicyclic) bond motifs is 1. The Morgan fingerprint density at radius 1 is 1.17 bits per heavy atom. The van der Waals surface area contributed by atoms with E-state index in [4.69, 9.17) is 11.6 Å². The average Bonchev–Trinajstić information content (AvgIpc) is 2.54. The minimum atomic E-state index is -0.258. The molecule has 1 aromatic heterocycles. The van der Waals surface area contributed by atoms with Crippen LogP contribution in [0.4, 0.5) is 5.69 Å². The second kappa shape index (κ2) is 6.58. The Balaban J connectivity index is 1.70. The van der Waals surface area contributed by atoms with Gasteiger partial charge < -0.3 is 5.32 Å². The summed E-state index contributed by atoms with van der Waals surface area (Å²) in [4.78, 5) is 24.2. The molecule has 0 radical (unpaired) electrons. The molecule has 1 N–H and O–H groups in total. The lowest BCUT2D eigenvalue weighted by Gasteiger charge is -2.07. The summed E-state index contributed by atoms with van der Waals surface area (Å²) in [5, 5.41) is 11.6. The van der Waals surface area contributed by atoms with Gasteiger partial charge in [0.05, 0.1) is 11.9 Å². The molecule has 0 aliphatic rings. The van der Waals surface area contributed by atoms with Crippen molar-refractivity contribution in [2.75, 3.05) is 5.32 Å². The first-order chi connectivity index (χ1) is 11.1. The molecule has 0 spiro atoms. The molecular weight excluding hydrogens is 316 g/mol. The molecule has 7 heteroatoms. The van der Waals surface area contributed by atoms with E-state index in [2.05, 4.69) is 15.6 Å². The molecule has 0 unspecified atom stereocenters. The van der Waals surface area contributed by atoms with Crippen LogP contribution in [-0.4, -0.2) is 20.9 Å². The highest BCUT2D eigenvalue weighted by atomic mass is 35.5. The summed E-state index contributed by atoms with van der Waals surface area (Å²) in [6.07, 6.45) is 0.111. The standard InChI is InChI=1S/C16H13ClN4O2/c17-11-4-3-5-12(10-11)18-15(22)8-9-21-16(23)13-6-1-2-7-14(13)19-20-21/h1-7,10H,8-9H2,(H,18,22). The molecule has 0 fully saturated rings. The molecule has 1 heterocycles. The predicted molar refractivity (Wildman–Crippen MR) is 88.5 cm³/mol. The Morgan fingerprint density at radius 3 is 2.83 bits per heavy atom. The number of nitrogens with zero attached hydrogens (tertiary/aromatic N) is 3. The van der Waals surface area contributed by atoms with Crippen molar-refractivity contribution in [2.24, 2.45) is 0 Å². The van der Waals surface area contributed by atoms with Crippen LogP contribution >= 0.6 is 11.6 Å². The van der Waals surface area contributed by atoms with Gasteiger partial charge in [-0.15, -0.1) is 5.10 Å². The summed E-state index contributed by atoms with van der Waals surface area (Å²) in [5.74, 6) is -0.228. The van der Waals surface area contributed by atoms with Crippen molar-refractivity contribution in [1.29, 1.82) is 0 Å². The second-order valence-electron chi connectivity index (χ2n) is 4.94. The van der Waals surface area contributed by atoms with E-state index in [1.165, 1.54) is 4.68 Å². The largest absolute Gasteiger partial charge is 0.326 e. The zero-order valence-electron chi connectivity index (χ0n) is 12.1. The first kappa shape index (κ1) is 15.2. The highest BCUT2D eigenvalue weighted by molar-refractivity contribution is 6.30. The van der Waals surface area contributed by atoms with Crippen LogP contribution < -0.4 is 10.9 Å². The van der Waals surface area contributed by atoms with Crippen LogP contribution in [0.5, 0.6) is 0 Å². The van der Waals surface area contributed by atoms with Crippen molar-refractivity contribution in [3.8, 4) is 0 Å². The fraction of sp³-hybridized carbons (Fsp3) is 0.125. The molecule has 0 bridgehead atoms. The maximum absolute atomic E-state index is 12.3. The number of amides is 1. The lowest BCUT2D eigenvalue weighted by molar-refractivity contribution is -0.116. The van der Waals surface area contributed by atoms with Crippen LogP contribution in [0.2, 0.25) is 5.02 Å². The Morgan fingerprint density at radius 2 is 2.00 bits per heavy atom. The van der Waals surface area contributed by atoms with E-state index in [1.54, 1.807) is 48.5 Å². The van der Waals surface area contributed by atoms with E-state index in [9.17, 15) is 9.59 Å². The van der Waals surface area contributed by atoms with E-state index in [0.717, 1.165) is 0 Å². The van der Waals surface area contributed by atoms with Gasteiger partial charge in [-0.2, -0.15) is 0 Å². The van der Waals surface area contributed by atoms with Crippen molar-refractivity contribution in [2.45, 2.75) is 13.0 Å². The fourth-order valence-corrected chi connectivity index (χ4v) is 2.36. The number of rotatable bonds is 4. The molecule has 116 valence electrons. The topological polar surface area (TPSA) is 76.9 Å². The van der Waals surface area contributed by atoms with Gasteiger partial charge in [-0.25, -0.2) is 4.68 Å². The van der Waals surface area contributed by atoms with Crippen LogP contribution in [0.25, 0.3) is 10.9 Å². The minimum Gasteiger partial charge on any atom is -0.326 e. The SMILES string of the molecule is O=C(CCn1nnc2ccccc2c1=O)Nc1cccc(Cl)c1. The quantitative estimate of drug-likeness (QED) is 0.798. The molecule has 23 heavy (non-hydrogen) atoms. The number of hydrogen-bond donors (Lipinski definition) is 1. The molecule has 3 rings (SSSR count). The molecule has 0 saturated carbocycles. The summed E-state index contributed by atoms with van der Waals surface area (Å²) < 4.78 is 1.19. The van der Waals surface area contributed by atoms with E-state index >= 15 is 0 Å². The van der Waals surface area contributed by atoms with E-state index in [0.29, 0.717) is 21.6 Å². The van der Waals surface area contributed by atoms with Gasteiger partial charge in [-0.3, -0.25) is 9.59 Å². The number of aryl methyl sites for hydroxylation is 1. The number of hydrogen-bond acceptors (Lipinski definition) is 4. The van der Waals surface area contributed by atoms with Crippen LogP contribution in [0, 0.1) is 0 Å². The Labute approximate surface area is 136 Å². The number of halogens is 1. The Kier molecular flexibility index (Phi) is 4.34. The smallest absolute Gasteiger partial charge is 0.277 e. The third-order valence-corrected chi connectivity index (χ3v) is 3.52. The predicted octanol–water partition coefficient (Wildman–Crippen LogP) is 2.47. The van der Waals surface area contributed by atoms with Gasteiger partial charge in [0.1, 0.15) is 5.52 Å². The van der Waals surface area contributed by atoms with Gasteiger partial charge >= 0.3 is 0 Å².